The predicted octanol–water partition coefficient (Wildman–Crippen LogP) is 3.63. The van der Waals surface area contributed by atoms with Gasteiger partial charge in [-0.15, -0.1) is 12.4 Å². The molecule has 0 aliphatic carbocycles. The van der Waals surface area contributed by atoms with Crippen LogP contribution in [0, 0.1) is 5.82 Å². The lowest BCUT2D eigenvalue weighted by atomic mass is 10.1. The fraction of sp³-hybridized carbons (Fsp3) is 0.400. The van der Waals surface area contributed by atoms with Crippen molar-refractivity contribution < 1.29 is 13.9 Å². The van der Waals surface area contributed by atoms with Gasteiger partial charge in [-0.2, -0.15) is 0 Å². The zero-order valence-corrected chi connectivity index (χ0v) is 16.0. The molecule has 1 atom stereocenters. The Morgan fingerprint density at radius 1 is 1.12 bits per heavy atom. The van der Waals surface area contributed by atoms with Gasteiger partial charge >= 0.3 is 0 Å². The lowest BCUT2D eigenvalue weighted by Gasteiger charge is -2.31. The molecular formula is C20H26ClFN2O2. The van der Waals surface area contributed by atoms with E-state index >= 15 is 0 Å². The Morgan fingerprint density at radius 3 is 2.54 bits per heavy atom. The van der Waals surface area contributed by atoms with E-state index in [1.54, 1.807) is 19.2 Å². The number of methoxy groups -OCH3 is 1. The summed E-state index contributed by atoms with van der Waals surface area (Å²) in [6, 6.07) is 12.9. The lowest BCUT2D eigenvalue weighted by molar-refractivity contribution is 0.199. The second-order valence-corrected chi connectivity index (χ2v) is 6.49. The van der Waals surface area contributed by atoms with Crippen LogP contribution in [0.25, 0.3) is 0 Å². The van der Waals surface area contributed by atoms with Crippen LogP contribution in [-0.4, -0.2) is 37.7 Å². The topological polar surface area (TPSA) is 33.7 Å². The van der Waals surface area contributed by atoms with E-state index in [9.17, 15) is 4.39 Å². The van der Waals surface area contributed by atoms with Crippen molar-refractivity contribution in [2.75, 3.05) is 26.7 Å². The molecule has 26 heavy (non-hydrogen) atoms. The molecule has 1 heterocycles. The first kappa shape index (κ1) is 20.5. The summed E-state index contributed by atoms with van der Waals surface area (Å²) < 4.78 is 24.3. The van der Waals surface area contributed by atoms with Crippen molar-refractivity contribution in [1.82, 2.24) is 10.2 Å². The first-order valence-corrected chi connectivity index (χ1v) is 8.64. The van der Waals surface area contributed by atoms with E-state index in [2.05, 4.69) is 23.2 Å². The maximum absolute atomic E-state index is 13.0. The van der Waals surface area contributed by atoms with Gasteiger partial charge in [-0.25, -0.2) is 4.39 Å². The van der Waals surface area contributed by atoms with Crippen molar-refractivity contribution in [1.29, 1.82) is 0 Å². The van der Waals surface area contributed by atoms with Crippen molar-refractivity contribution in [3.63, 3.8) is 0 Å². The number of rotatable bonds is 6. The molecule has 0 spiro atoms. The number of nitrogens with one attached hydrogen (secondary N) is 1. The number of piperazine rings is 1. The highest BCUT2D eigenvalue weighted by Crippen LogP contribution is 2.29. The van der Waals surface area contributed by atoms with Crippen molar-refractivity contribution in [2.24, 2.45) is 0 Å². The third-order valence-corrected chi connectivity index (χ3v) is 4.39. The molecule has 6 heteroatoms. The molecule has 1 N–H and O–H groups in total. The van der Waals surface area contributed by atoms with E-state index in [1.165, 1.54) is 17.7 Å². The summed E-state index contributed by atoms with van der Waals surface area (Å²) in [5, 5.41) is 3.46. The summed E-state index contributed by atoms with van der Waals surface area (Å²) in [6.07, 6.45) is 0. The highest BCUT2D eigenvalue weighted by molar-refractivity contribution is 5.85. The summed E-state index contributed by atoms with van der Waals surface area (Å²) in [5.41, 5.74) is 2.13. The molecule has 2 aromatic rings. The summed E-state index contributed by atoms with van der Waals surface area (Å²) in [4.78, 5) is 2.44. The zero-order valence-electron chi connectivity index (χ0n) is 15.2. The van der Waals surface area contributed by atoms with E-state index < -0.39 is 0 Å². The molecule has 1 saturated heterocycles. The van der Waals surface area contributed by atoms with Gasteiger partial charge in [-0.1, -0.05) is 18.2 Å². The minimum Gasteiger partial charge on any atom is -0.493 e. The second-order valence-electron chi connectivity index (χ2n) is 6.49. The molecular weight excluding hydrogens is 355 g/mol. The standard InChI is InChI=1S/C20H25FN2O2.ClH/c1-15-12-23(10-9-22-15)13-17-5-8-19(20(11-17)24-2)25-14-16-3-6-18(21)7-4-16;/h3-8,11,15,22H,9-10,12-14H2,1-2H3;1H/t15-;/m1./s1. The van der Waals surface area contributed by atoms with Gasteiger partial charge in [-0.3, -0.25) is 4.90 Å². The molecule has 142 valence electrons. The molecule has 1 aliphatic heterocycles. The minimum atomic E-state index is -0.243. The van der Waals surface area contributed by atoms with Gasteiger partial charge in [-0.05, 0) is 42.3 Å². The normalized spacial score (nSPS) is 17.4. The van der Waals surface area contributed by atoms with Crippen LogP contribution in [0.3, 0.4) is 0 Å². The number of hydrogen-bond donors (Lipinski definition) is 1. The van der Waals surface area contributed by atoms with Gasteiger partial charge in [0.2, 0.25) is 0 Å². The largest absolute Gasteiger partial charge is 0.493 e. The number of hydrogen-bond acceptors (Lipinski definition) is 4. The highest BCUT2D eigenvalue weighted by atomic mass is 35.5. The molecule has 0 radical (unpaired) electrons. The first-order chi connectivity index (χ1) is 12.1. The van der Waals surface area contributed by atoms with Crippen LogP contribution >= 0.6 is 12.4 Å². The van der Waals surface area contributed by atoms with Crippen molar-refractivity contribution in [3.8, 4) is 11.5 Å². The van der Waals surface area contributed by atoms with Gasteiger partial charge in [0, 0.05) is 32.2 Å². The lowest BCUT2D eigenvalue weighted by Crippen LogP contribution is -2.48. The first-order valence-electron chi connectivity index (χ1n) is 8.64. The van der Waals surface area contributed by atoms with Crippen LogP contribution in [0.2, 0.25) is 0 Å². The Balaban J connectivity index is 0.00000243. The SMILES string of the molecule is COc1cc(CN2CCN[C@H](C)C2)ccc1OCc1ccc(F)cc1.Cl. The minimum absolute atomic E-state index is 0. The number of benzene rings is 2. The maximum Gasteiger partial charge on any atom is 0.161 e. The third-order valence-electron chi connectivity index (χ3n) is 4.39. The maximum atomic E-state index is 13.0. The summed E-state index contributed by atoms with van der Waals surface area (Å²) in [6.45, 7) is 6.61. The van der Waals surface area contributed by atoms with Crippen LogP contribution in [0.1, 0.15) is 18.1 Å². The third kappa shape index (κ3) is 5.59. The van der Waals surface area contributed by atoms with Gasteiger partial charge < -0.3 is 14.8 Å². The van der Waals surface area contributed by atoms with Gasteiger partial charge in [0.05, 0.1) is 7.11 Å². The molecule has 4 nitrogen and oxygen atoms in total. The Hall–Kier alpha value is -1.82. The molecule has 3 rings (SSSR count). The highest BCUT2D eigenvalue weighted by Gasteiger charge is 2.16. The Labute approximate surface area is 160 Å². The van der Waals surface area contributed by atoms with Crippen molar-refractivity contribution in [3.05, 3.63) is 59.4 Å². The van der Waals surface area contributed by atoms with E-state index in [1.807, 2.05) is 12.1 Å². The average Bonchev–Trinajstić information content (AvgIpc) is 2.62. The van der Waals surface area contributed by atoms with Crippen molar-refractivity contribution >= 4 is 12.4 Å². The van der Waals surface area contributed by atoms with E-state index in [0.717, 1.165) is 37.5 Å². The molecule has 0 saturated carbocycles. The second kappa shape index (κ2) is 9.76. The summed E-state index contributed by atoms with van der Waals surface area (Å²) >= 11 is 0. The summed E-state index contributed by atoms with van der Waals surface area (Å²) in [5.74, 6) is 1.18. The Bertz CT molecular complexity index is 697. The zero-order chi connectivity index (χ0) is 17.6. The molecule has 0 aromatic heterocycles. The molecule has 0 bridgehead atoms. The average molecular weight is 381 g/mol. The quantitative estimate of drug-likeness (QED) is 0.829. The van der Waals surface area contributed by atoms with E-state index in [0.29, 0.717) is 18.4 Å². The van der Waals surface area contributed by atoms with Gasteiger partial charge in [0.15, 0.2) is 11.5 Å². The van der Waals surface area contributed by atoms with Gasteiger partial charge in [0.25, 0.3) is 0 Å². The molecule has 0 amide bonds. The number of halogens is 2. The van der Waals surface area contributed by atoms with Crippen LogP contribution in [0.4, 0.5) is 4.39 Å². The molecule has 2 aromatic carbocycles. The van der Waals surface area contributed by atoms with Crippen LogP contribution < -0.4 is 14.8 Å². The van der Waals surface area contributed by atoms with E-state index in [-0.39, 0.29) is 18.2 Å². The number of nitrogens with zero attached hydrogens (tertiary/aromatic N) is 1. The molecule has 0 unspecified atom stereocenters. The van der Waals surface area contributed by atoms with Gasteiger partial charge in [0.1, 0.15) is 12.4 Å². The smallest absolute Gasteiger partial charge is 0.161 e. The molecule has 1 fully saturated rings. The van der Waals surface area contributed by atoms with Crippen LogP contribution in [-0.2, 0) is 13.2 Å². The fourth-order valence-corrected chi connectivity index (χ4v) is 3.09. The summed E-state index contributed by atoms with van der Waals surface area (Å²) in [7, 11) is 1.65. The monoisotopic (exact) mass is 380 g/mol. The predicted molar refractivity (Wildman–Crippen MR) is 104 cm³/mol. The Kier molecular flexibility index (Phi) is 7.69. The Morgan fingerprint density at radius 2 is 1.85 bits per heavy atom. The van der Waals surface area contributed by atoms with Crippen molar-refractivity contribution in [2.45, 2.75) is 26.1 Å². The fourth-order valence-electron chi connectivity index (χ4n) is 3.09. The number of ether oxygens (including phenoxy) is 2. The van der Waals surface area contributed by atoms with E-state index in [4.69, 9.17) is 9.47 Å². The van der Waals surface area contributed by atoms with Crippen LogP contribution in [0.5, 0.6) is 11.5 Å². The molecule has 1 aliphatic rings. The van der Waals surface area contributed by atoms with Crippen LogP contribution in [0.15, 0.2) is 42.5 Å².